The standard InChI is InChI=1S/C14H19NO3/c1-5-18-13(16)9-15(4)14(17)12-7-6-10(2)8-11(12)3/h6-8H,5,9H2,1-4H3. The van der Waals surface area contributed by atoms with Gasteiger partial charge in [-0.05, 0) is 32.4 Å². The number of nitrogens with zero attached hydrogens (tertiary/aromatic N) is 1. The molecule has 0 fully saturated rings. The number of rotatable bonds is 4. The molecule has 0 bridgehead atoms. The fraction of sp³-hybridized carbons (Fsp3) is 0.429. The minimum Gasteiger partial charge on any atom is -0.465 e. The minimum absolute atomic E-state index is 0.0278. The van der Waals surface area contributed by atoms with Gasteiger partial charge in [-0.2, -0.15) is 0 Å². The summed E-state index contributed by atoms with van der Waals surface area (Å²) in [7, 11) is 1.60. The Morgan fingerprint density at radius 1 is 1.28 bits per heavy atom. The van der Waals surface area contributed by atoms with Gasteiger partial charge in [-0.15, -0.1) is 0 Å². The maximum Gasteiger partial charge on any atom is 0.325 e. The molecule has 0 atom stereocenters. The molecule has 0 heterocycles. The van der Waals surface area contributed by atoms with E-state index < -0.39 is 5.97 Å². The predicted octanol–water partition coefficient (Wildman–Crippen LogP) is 1.94. The second-order valence-corrected chi connectivity index (χ2v) is 4.28. The van der Waals surface area contributed by atoms with Crippen LogP contribution in [-0.4, -0.2) is 37.0 Å². The van der Waals surface area contributed by atoms with Crippen LogP contribution < -0.4 is 0 Å². The molecular formula is C14H19NO3. The van der Waals surface area contributed by atoms with E-state index in [-0.39, 0.29) is 12.5 Å². The maximum absolute atomic E-state index is 12.1. The number of carbonyl (C=O) groups excluding carboxylic acids is 2. The van der Waals surface area contributed by atoms with Crippen LogP contribution in [0.3, 0.4) is 0 Å². The first-order valence-electron chi connectivity index (χ1n) is 5.94. The van der Waals surface area contributed by atoms with E-state index in [9.17, 15) is 9.59 Å². The van der Waals surface area contributed by atoms with Crippen molar-refractivity contribution in [2.24, 2.45) is 0 Å². The number of carbonyl (C=O) groups is 2. The highest BCUT2D eigenvalue weighted by molar-refractivity contribution is 5.97. The van der Waals surface area contributed by atoms with Gasteiger partial charge in [0.15, 0.2) is 0 Å². The van der Waals surface area contributed by atoms with Gasteiger partial charge < -0.3 is 9.64 Å². The number of esters is 1. The van der Waals surface area contributed by atoms with Crippen molar-refractivity contribution >= 4 is 11.9 Å². The van der Waals surface area contributed by atoms with Crippen molar-refractivity contribution in [2.45, 2.75) is 20.8 Å². The van der Waals surface area contributed by atoms with Crippen molar-refractivity contribution in [3.8, 4) is 0 Å². The van der Waals surface area contributed by atoms with E-state index in [2.05, 4.69) is 0 Å². The number of aryl methyl sites for hydroxylation is 2. The molecule has 98 valence electrons. The third-order valence-corrected chi connectivity index (χ3v) is 2.63. The van der Waals surface area contributed by atoms with Gasteiger partial charge in [0.2, 0.25) is 0 Å². The van der Waals surface area contributed by atoms with Crippen molar-refractivity contribution in [2.75, 3.05) is 20.2 Å². The van der Waals surface area contributed by atoms with Crippen molar-refractivity contribution < 1.29 is 14.3 Å². The van der Waals surface area contributed by atoms with E-state index in [0.29, 0.717) is 12.2 Å². The van der Waals surface area contributed by atoms with Crippen LogP contribution in [0.4, 0.5) is 0 Å². The summed E-state index contributed by atoms with van der Waals surface area (Å²) in [6.45, 7) is 5.90. The van der Waals surface area contributed by atoms with Gasteiger partial charge in [-0.25, -0.2) is 0 Å². The van der Waals surface area contributed by atoms with Crippen LogP contribution in [0.1, 0.15) is 28.4 Å². The van der Waals surface area contributed by atoms with Crippen molar-refractivity contribution in [1.82, 2.24) is 4.90 Å². The first-order chi connectivity index (χ1) is 8.45. The molecule has 0 radical (unpaired) electrons. The lowest BCUT2D eigenvalue weighted by molar-refractivity contribution is -0.143. The zero-order chi connectivity index (χ0) is 13.7. The number of hydrogen-bond acceptors (Lipinski definition) is 3. The molecule has 0 aromatic heterocycles. The highest BCUT2D eigenvalue weighted by Gasteiger charge is 2.17. The molecule has 0 N–H and O–H groups in total. The quantitative estimate of drug-likeness (QED) is 0.766. The first-order valence-corrected chi connectivity index (χ1v) is 5.94. The molecule has 0 unspecified atom stereocenters. The second-order valence-electron chi connectivity index (χ2n) is 4.28. The Balaban J connectivity index is 2.77. The molecule has 18 heavy (non-hydrogen) atoms. The summed E-state index contributed by atoms with van der Waals surface area (Å²) in [5.74, 6) is -0.557. The lowest BCUT2D eigenvalue weighted by Gasteiger charge is -2.17. The van der Waals surface area contributed by atoms with Crippen LogP contribution in [0.15, 0.2) is 18.2 Å². The molecule has 0 aliphatic heterocycles. The van der Waals surface area contributed by atoms with Gasteiger partial charge >= 0.3 is 5.97 Å². The van der Waals surface area contributed by atoms with E-state index in [1.54, 1.807) is 20.0 Å². The van der Waals surface area contributed by atoms with Gasteiger partial charge in [-0.3, -0.25) is 9.59 Å². The van der Waals surface area contributed by atoms with Gasteiger partial charge in [0.25, 0.3) is 5.91 Å². The SMILES string of the molecule is CCOC(=O)CN(C)C(=O)c1ccc(C)cc1C. The monoisotopic (exact) mass is 249 g/mol. The smallest absolute Gasteiger partial charge is 0.325 e. The number of benzene rings is 1. The predicted molar refractivity (Wildman–Crippen MR) is 69.5 cm³/mol. The maximum atomic E-state index is 12.1. The largest absolute Gasteiger partial charge is 0.465 e. The Morgan fingerprint density at radius 2 is 1.94 bits per heavy atom. The first kappa shape index (κ1) is 14.2. The Bertz CT molecular complexity index is 454. The van der Waals surface area contributed by atoms with Gasteiger partial charge in [0, 0.05) is 12.6 Å². The van der Waals surface area contributed by atoms with Gasteiger partial charge in [0.05, 0.1) is 6.61 Å². The van der Waals surface area contributed by atoms with Crippen LogP contribution in [0, 0.1) is 13.8 Å². The van der Waals surface area contributed by atoms with Crippen LogP contribution in [-0.2, 0) is 9.53 Å². The Morgan fingerprint density at radius 3 is 2.50 bits per heavy atom. The fourth-order valence-electron chi connectivity index (χ4n) is 1.73. The van der Waals surface area contributed by atoms with Crippen LogP contribution in [0.2, 0.25) is 0 Å². The van der Waals surface area contributed by atoms with E-state index in [1.807, 2.05) is 26.0 Å². The molecule has 0 saturated carbocycles. The fourth-order valence-corrected chi connectivity index (χ4v) is 1.73. The average molecular weight is 249 g/mol. The highest BCUT2D eigenvalue weighted by atomic mass is 16.5. The summed E-state index contributed by atoms with van der Waals surface area (Å²) in [4.78, 5) is 24.8. The van der Waals surface area contributed by atoms with Gasteiger partial charge in [0.1, 0.15) is 6.54 Å². The number of ether oxygens (including phenoxy) is 1. The summed E-state index contributed by atoms with van der Waals surface area (Å²) >= 11 is 0. The summed E-state index contributed by atoms with van der Waals surface area (Å²) < 4.78 is 4.82. The molecule has 0 saturated heterocycles. The van der Waals surface area contributed by atoms with Crippen molar-refractivity contribution in [3.05, 3.63) is 34.9 Å². The number of likely N-dealkylation sites (N-methyl/N-ethyl adjacent to an activating group) is 1. The van der Waals surface area contributed by atoms with Crippen LogP contribution >= 0.6 is 0 Å². The van der Waals surface area contributed by atoms with E-state index in [0.717, 1.165) is 11.1 Å². The minimum atomic E-state index is -0.391. The normalized spacial score (nSPS) is 10.0. The molecule has 1 amide bonds. The molecule has 0 aliphatic rings. The molecule has 1 rings (SSSR count). The molecule has 4 nitrogen and oxygen atoms in total. The van der Waals surface area contributed by atoms with Crippen molar-refractivity contribution in [1.29, 1.82) is 0 Å². The van der Waals surface area contributed by atoms with Crippen LogP contribution in [0.5, 0.6) is 0 Å². The summed E-state index contributed by atoms with van der Waals surface area (Å²) in [5.41, 5.74) is 2.64. The Hall–Kier alpha value is -1.84. The Labute approximate surface area is 108 Å². The third kappa shape index (κ3) is 3.58. The highest BCUT2D eigenvalue weighted by Crippen LogP contribution is 2.12. The summed E-state index contributed by atoms with van der Waals surface area (Å²) in [5, 5.41) is 0. The molecule has 1 aromatic carbocycles. The second kappa shape index (κ2) is 6.19. The third-order valence-electron chi connectivity index (χ3n) is 2.63. The number of hydrogen-bond donors (Lipinski definition) is 0. The van der Waals surface area contributed by atoms with Gasteiger partial charge in [-0.1, -0.05) is 17.7 Å². The topological polar surface area (TPSA) is 46.6 Å². The summed E-state index contributed by atoms with van der Waals surface area (Å²) in [6.07, 6.45) is 0. The van der Waals surface area contributed by atoms with Crippen molar-refractivity contribution in [3.63, 3.8) is 0 Å². The van der Waals surface area contributed by atoms with Crippen LogP contribution in [0.25, 0.3) is 0 Å². The molecular weight excluding hydrogens is 230 g/mol. The summed E-state index contributed by atoms with van der Waals surface area (Å²) in [6, 6.07) is 5.62. The molecule has 0 aliphatic carbocycles. The Kier molecular flexibility index (Phi) is 4.89. The van der Waals surface area contributed by atoms with E-state index >= 15 is 0 Å². The zero-order valence-electron chi connectivity index (χ0n) is 11.3. The molecule has 1 aromatic rings. The van der Waals surface area contributed by atoms with E-state index in [4.69, 9.17) is 4.74 Å². The lowest BCUT2D eigenvalue weighted by atomic mass is 10.0. The number of amides is 1. The van der Waals surface area contributed by atoms with E-state index in [1.165, 1.54) is 4.90 Å². The average Bonchev–Trinajstić information content (AvgIpc) is 2.28. The lowest BCUT2D eigenvalue weighted by Crippen LogP contribution is -2.33. The molecule has 0 spiro atoms. The molecule has 4 heteroatoms. The zero-order valence-corrected chi connectivity index (χ0v) is 11.3.